The molecular formula is C26H44NNaO7S. The summed E-state index contributed by atoms with van der Waals surface area (Å²) in [6.07, 6.45) is 3.80. The van der Waals surface area contributed by atoms with Crippen LogP contribution in [0.3, 0.4) is 0 Å². The van der Waals surface area contributed by atoms with E-state index in [4.69, 9.17) is 5.48 Å². The van der Waals surface area contributed by atoms with Crippen molar-refractivity contribution in [3.63, 3.8) is 0 Å². The molecule has 4 rings (SSSR count). The summed E-state index contributed by atoms with van der Waals surface area (Å²) < 4.78 is 63.6. The number of aliphatic hydroxyl groups excluding tert-OH is 3. The standard InChI is InChI=1S/C26H45NO7S.Na/c1-15(4-7-21(29)27-12-13-35(32,33)34)17-5-6-18-22-19(9-11-25(17,18)2)26(3)10-8-16(28)14-20(26)23(30)24(22)31;/h15-20,22-24,28,30-31H,4-14H2,1-3H3,(H,27,29)(H,32,33,34);/q;+1/p-1/t15-,16-,17-,18+,19+,20+,22+,23-,24-,25-,26-;/m1./s1/i12D2,13D2;. The van der Waals surface area contributed by atoms with Crippen molar-refractivity contribution in [3.8, 4) is 0 Å². The molecule has 4 N–H and O–H groups in total. The van der Waals surface area contributed by atoms with Crippen molar-refractivity contribution in [1.29, 1.82) is 0 Å². The summed E-state index contributed by atoms with van der Waals surface area (Å²) in [7, 11) is -5.66. The maximum Gasteiger partial charge on any atom is 1.00 e. The van der Waals surface area contributed by atoms with Crippen LogP contribution in [0.4, 0.5) is 0 Å². The molecule has 0 aromatic heterocycles. The molecule has 4 aliphatic rings. The Morgan fingerprint density at radius 3 is 2.36 bits per heavy atom. The van der Waals surface area contributed by atoms with Gasteiger partial charge < -0.3 is 25.2 Å². The van der Waals surface area contributed by atoms with E-state index in [1.54, 1.807) is 5.32 Å². The number of rotatable bonds is 7. The smallest absolute Gasteiger partial charge is 0.748 e. The molecule has 4 saturated carbocycles. The molecule has 0 aromatic rings. The number of hydrogen-bond donors (Lipinski definition) is 4. The van der Waals surface area contributed by atoms with E-state index in [1.165, 1.54) is 0 Å². The molecule has 8 nitrogen and oxygen atoms in total. The van der Waals surface area contributed by atoms with Gasteiger partial charge in [0, 0.05) is 15.7 Å². The molecule has 4 aliphatic carbocycles. The quantitative estimate of drug-likeness (QED) is 0.240. The van der Waals surface area contributed by atoms with Crippen LogP contribution in [0.5, 0.6) is 0 Å². The van der Waals surface area contributed by atoms with E-state index in [9.17, 15) is 33.1 Å². The molecule has 0 spiro atoms. The Labute approximate surface area is 244 Å². The van der Waals surface area contributed by atoms with E-state index < -0.39 is 46.5 Å². The Morgan fingerprint density at radius 1 is 1.06 bits per heavy atom. The van der Waals surface area contributed by atoms with Crippen molar-refractivity contribution >= 4 is 16.0 Å². The predicted octanol–water partition coefficient (Wildman–Crippen LogP) is -0.970. The zero-order chi connectivity index (χ0) is 29.3. The summed E-state index contributed by atoms with van der Waals surface area (Å²) in [5.74, 6) is -0.292. The van der Waals surface area contributed by atoms with Gasteiger partial charge in [-0.3, -0.25) is 4.79 Å². The maximum atomic E-state index is 12.5. The number of carbonyl (C=O) groups excluding carboxylic acids is 1. The second kappa shape index (κ2) is 11.4. The molecule has 0 heterocycles. The van der Waals surface area contributed by atoms with Crippen molar-refractivity contribution in [2.24, 2.45) is 46.3 Å². The summed E-state index contributed by atoms with van der Waals surface area (Å²) in [5, 5.41) is 34.6. The minimum atomic E-state index is -5.66. The number of aliphatic hydroxyl groups is 3. The first-order chi connectivity index (χ1) is 17.8. The van der Waals surface area contributed by atoms with Crippen LogP contribution in [-0.2, 0) is 14.9 Å². The van der Waals surface area contributed by atoms with E-state index in [0.29, 0.717) is 19.3 Å². The topological polar surface area (TPSA) is 147 Å². The first kappa shape index (κ1) is 25.2. The van der Waals surface area contributed by atoms with Crippen LogP contribution < -0.4 is 34.9 Å². The zero-order valence-corrected chi connectivity index (χ0v) is 24.8. The van der Waals surface area contributed by atoms with Gasteiger partial charge in [-0.25, -0.2) is 8.42 Å². The molecule has 1 amide bonds. The molecule has 11 atom stereocenters. The first-order valence-electron chi connectivity index (χ1n) is 15.1. The Balaban J connectivity index is 0.00000441. The fourth-order valence-corrected chi connectivity index (χ4v) is 9.17. The van der Waals surface area contributed by atoms with Gasteiger partial charge >= 0.3 is 29.6 Å². The third-order valence-corrected chi connectivity index (χ3v) is 11.0. The molecular weight excluding hydrogens is 493 g/mol. The van der Waals surface area contributed by atoms with E-state index in [-0.39, 0.29) is 82.3 Å². The van der Waals surface area contributed by atoms with Crippen LogP contribution in [0.1, 0.15) is 84.0 Å². The number of carbonyl (C=O) groups is 1. The molecule has 0 saturated heterocycles. The average Bonchev–Trinajstić information content (AvgIpc) is 3.18. The molecule has 0 unspecified atom stereocenters. The molecule has 10 heteroatoms. The van der Waals surface area contributed by atoms with Crippen LogP contribution in [0, 0.1) is 46.3 Å². The second-order valence-electron chi connectivity index (χ2n) is 12.3. The van der Waals surface area contributed by atoms with Gasteiger partial charge in [0.2, 0.25) is 5.91 Å². The first-order valence-corrected chi connectivity index (χ1v) is 14.5. The van der Waals surface area contributed by atoms with Gasteiger partial charge in [0.25, 0.3) is 0 Å². The third kappa shape index (κ3) is 5.74. The number of amides is 1. The molecule has 4 fully saturated rings. The molecule has 202 valence electrons. The second-order valence-corrected chi connectivity index (χ2v) is 13.4. The van der Waals surface area contributed by atoms with E-state index in [0.717, 1.165) is 32.1 Å². The van der Waals surface area contributed by atoms with Crippen LogP contribution in [0.25, 0.3) is 0 Å². The van der Waals surface area contributed by atoms with Crippen molar-refractivity contribution in [2.45, 2.75) is 96.9 Å². The summed E-state index contributed by atoms with van der Waals surface area (Å²) in [6.45, 7) is 3.12. The van der Waals surface area contributed by atoms with Crippen molar-refractivity contribution in [3.05, 3.63) is 0 Å². The molecule has 0 bridgehead atoms. The molecule has 36 heavy (non-hydrogen) atoms. The van der Waals surface area contributed by atoms with E-state index in [1.807, 2.05) is 6.92 Å². The van der Waals surface area contributed by atoms with Gasteiger partial charge in [-0.2, -0.15) is 0 Å². The average molecular weight is 542 g/mol. The summed E-state index contributed by atoms with van der Waals surface area (Å²) in [6, 6.07) is 0. The van der Waals surface area contributed by atoms with Crippen LogP contribution in [0.15, 0.2) is 0 Å². The molecule has 0 aliphatic heterocycles. The normalized spacial score (nSPS) is 47.4. The number of hydrogen-bond acceptors (Lipinski definition) is 7. The van der Waals surface area contributed by atoms with E-state index in [2.05, 4.69) is 13.8 Å². The molecule has 0 aromatic carbocycles. The van der Waals surface area contributed by atoms with Gasteiger partial charge in [0.15, 0.2) is 0 Å². The van der Waals surface area contributed by atoms with Gasteiger partial charge in [-0.05, 0) is 97.7 Å². The zero-order valence-electron chi connectivity index (χ0n) is 25.9. The van der Waals surface area contributed by atoms with Gasteiger partial charge in [-0.1, -0.05) is 20.8 Å². The van der Waals surface area contributed by atoms with Crippen LogP contribution in [0.2, 0.25) is 0 Å². The molecule has 0 radical (unpaired) electrons. The minimum Gasteiger partial charge on any atom is -0.748 e. The van der Waals surface area contributed by atoms with Crippen LogP contribution in [-0.4, -0.2) is 64.7 Å². The summed E-state index contributed by atoms with van der Waals surface area (Å²) >= 11 is 0. The fraction of sp³-hybridized carbons (Fsp3) is 0.962. The Morgan fingerprint density at radius 2 is 1.69 bits per heavy atom. The van der Waals surface area contributed by atoms with Gasteiger partial charge in [-0.15, -0.1) is 0 Å². The largest absolute Gasteiger partial charge is 1.00 e. The minimum absolute atomic E-state index is 0. The Bertz CT molecular complexity index is 1070. The number of nitrogens with one attached hydrogen (secondary N) is 1. The summed E-state index contributed by atoms with van der Waals surface area (Å²) in [5.41, 5.74) is -4.06. The van der Waals surface area contributed by atoms with Crippen LogP contribution >= 0.6 is 0 Å². The SMILES string of the molecule is [2H]C([2H])(NC(=O)CC[C@@H](C)[C@H]1CC[C@H]2[C@@H]3[C@@H](O)[C@H](O)[C@@H]4C[C@H](O)CC[C@]4(C)[C@H]3CC[C@]12C)C([2H])([2H])S(=O)(=O)[O-].[Na+]. The van der Waals surface area contributed by atoms with E-state index >= 15 is 0 Å². The maximum absolute atomic E-state index is 12.5. The van der Waals surface area contributed by atoms with Gasteiger partial charge in [0.1, 0.15) is 0 Å². The van der Waals surface area contributed by atoms with Gasteiger partial charge in [0.05, 0.1) is 36.9 Å². The van der Waals surface area contributed by atoms with Crippen molar-refractivity contribution < 1.29 is 68.1 Å². The fourth-order valence-electron chi connectivity index (χ4n) is 8.99. The Hall–Kier alpha value is 0.260. The summed E-state index contributed by atoms with van der Waals surface area (Å²) in [4.78, 5) is 12.5. The third-order valence-electron chi connectivity index (χ3n) is 10.7. The predicted molar refractivity (Wildman–Crippen MR) is 130 cm³/mol. The Kier molecular flexibility index (Phi) is 7.99. The monoisotopic (exact) mass is 541 g/mol. The van der Waals surface area contributed by atoms with Crippen molar-refractivity contribution in [2.75, 3.05) is 12.2 Å². The van der Waals surface area contributed by atoms with Crippen molar-refractivity contribution in [1.82, 2.24) is 5.32 Å². The number of fused-ring (bicyclic) bond motifs is 5.